The highest BCUT2D eigenvalue weighted by molar-refractivity contribution is 7.99. The SMILES string of the molecule is CCCNC(CSC(C)CC)c1ccnn1CCC. The van der Waals surface area contributed by atoms with Gasteiger partial charge in [-0.3, -0.25) is 4.68 Å². The van der Waals surface area contributed by atoms with E-state index in [1.165, 1.54) is 18.5 Å². The van der Waals surface area contributed by atoms with Gasteiger partial charge in [0.2, 0.25) is 0 Å². The maximum Gasteiger partial charge on any atom is 0.0583 e. The highest BCUT2D eigenvalue weighted by Crippen LogP contribution is 2.23. The molecule has 0 spiro atoms. The molecular weight excluding hydrogens is 254 g/mol. The van der Waals surface area contributed by atoms with Gasteiger partial charge < -0.3 is 5.32 Å². The van der Waals surface area contributed by atoms with Crippen LogP contribution in [0.2, 0.25) is 0 Å². The Morgan fingerprint density at radius 3 is 2.74 bits per heavy atom. The van der Waals surface area contributed by atoms with Crippen molar-refractivity contribution in [3.63, 3.8) is 0 Å². The lowest BCUT2D eigenvalue weighted by Gasteiger charge is -2.21. The largest absolute Gasteiger partial charge is 0.308 e. The monoisotopic (exact) mass is 283 g/mol. The molecule has 0 aliphatic heterocycles. The van der Waals surface area contributed by atoms with E-state index >= 15 is 0 Å². The first-order valence-corrected chi connectivity index (χ1v) is 8.64. The van der Waals surface area contributed by atoms with Gasteiger partial charge in [0.25, 0.3) is 0 Å². The third-order valence-corrected chi connectivity index (χ3v) is 4.73. The second kappa shape index (κ2) is 9.43. The summed E-state index contributed by atoms with van der Waals surface area (Å²) >= 11 is 2.06. The van der Waals surface area contributed by atoms with Gasteiger partial charge in [-0.05, 0) is 31.9 Å². The van der Waals surface area contributed by atoms with E-state index in [9.17, 15) is 0 Å². The second-order valence-electron chi connectivity index (χ2n) is 5.04. The maximum atomic E-state index is 4.45. The average Bonchev–Trinajstić information content (AvgIpc) is 2.87. The van der Waals surface area contributed by atoms with E-state index < -0.39 is 0 Å². The van der Waals surface area contributed by atoms with Gasteiger partial charge >= 0.3 is 0 Å². The number of hydrogen-bond acceptors (Lipinski definition) is 3. The predicted octanol–water partition coefficient (Wildman–Crippen LogP) is 3.87. The highest BCUT2D eigenvalue weighted by Gasteiger charge is 2.16. The Morgan fingerprint density at radius 1 is 1.32 bits per heavy atom. The Kier molecular flexibility index (Phi) is 8.22. The minimum absolute atomic E-state index is 0.424. The first kappa shape index (κ1) is 16.6. The van der Waals surface area contributed by atoms with E-state index in [2.05, 4.69) is 60.6 Å². The lowest BCUT2D eigenvalue weighted by molar-refractivity contribution is 0.498. The Hall–Kier alpha value is -0.480. The van der Waals surface area contributed by atoms with E-state index in [4.69, 9.17) is 0 Å². The predicted molar refractivity (Wildman–Crippen MR) is 85.8 cm³/mol. The van der Waals surface area contributed by atoms with Gasteiger partial charge in [0.1, 0.15) is 0 Å². The fourth-order valence-electron chi connectivity index (χ4n) is 1.98. The molecule has 2 unspecified atom stereocenters. The van der Waals surface area contributed by atoms with Crippen molar-refractivity contribution in [2.45, 2.75) is 64.8 Å². The van der Waals surface area contributed by atoms with E-state index in [-0.39, 0.29) is 0 Å². The molecule has 0 saturated carbocycles. The third-order valence-electron chi connectivity index (χ3n) is 3.30. The van der Waals surface area contributed by atoms with Crippen molar-refractivity contribution in [1.29, 1.82) is 0 Å². The molecule has 0 radical (unpaired) electrons. The van der Waals surface area contributed by atoms with Crippen LogP contribution in [0.15, 0.2) is 12.3 Å². The van der Waals surface area contributed by atoms with Crippen LogP contribution in [0.1, 0.15) is 58.7 Å². The summed E-state index contributed by atoms with van der Waals surface area (Å²) in [5.41, 5.74) is 1.34. The third kappa shape index (κ3) is 5.57. The molecule has 0 saturated heterocycles. The zero-order valence-corrected chi connectivity index (χ0v) is 13.7. The molecule has 4 heteroatoms. The minimum atomic E-state index is 0.424. The van der Waals surface area contributed by atoms with Gasteiger partial charge in [0, 0.05) is 23.7 Å². The smallest absolute Gasteiger partial charge is 0.0583 e. The molecular formula is C15H29N3S. The molecule has 1 rings (SSSR count). The molecule has 0 aliphatic rings. The number of thioether (sulfide) groups is 1. The number of aromatic nitrogens is 2. The number of nitrogens with zero attached hydrogens (tertiary/aromatic N) is 2. The molecule has 3 nitrogen and oxygen atoms in total. The van der Waals surface area contributed by atoms with E-state index in [0.29, 0.717) is 6.04 Å². The van der Waals surface area contributed by atoms with Crippen LogP contribution in [0.5, 0.6) is 0 Å². The van der Waals surface area contributed by atoms with E-state index in [1.54, 1.807) is 0 Å². The molecule has 0 aromatic carbocycles. The lowest BCUT2D eigenvalue weighted by Crippen LogP contribution is -2.27. The van der Waals surface area contributed by atoms with Gasteiger partial charge in [-0.15, -0.1) is 0 Å². The second-order valence-corrected chi connectivity index (χ2v) is 6.51. The van der Waals surface area contributed by atoms with Crippen molar-refractivity contribution in [3.8, 4) is 0 Å². The average molecular weight is 283 g/mol. The Morgan fingerprint density at radius 2 is 2.11 bits per heavy atom. The van der Waals surface area contributed by atoms with E-state index in [1.807, 2.05) is 6.20 Å². The molecule has 110 valence electrons. The fourth-order valence-corrected chi connectivity index (χ4v) is 3.03. The highest BCUT2D eigenvalue weighted by atomic mass is 32.2. The summed E-state index contributed by atoms with van der Waals surface area (Å²) in [5, 5.41) is 8.85. The zero-order chi connectivity index (χ0) is 14.1. The topological polar surface area (TPSA) is 29.9 Å². The summed E-state index contributed by atoms with van der Waals surface area (Å²) in [6.45, 7) is 11.1. The van der Waals surface area contributed by atoms with Crippen LogP contribution in [-0.4, -0.2) is 27.3 Å². The van der Waals surface area contributed by atoms with Crippen molar-refractivity contribution in [1.82, 2.24) is 15.1 Å². The van der Waals surface area contributed by atoms with Crippen molar-refractivity contribution in [2.24, 2.45) is 0 Å². The molecule has 1 N–H and O–H groups in total. The number of hydrogen-bond donors (Lipinski definition) is 1. The van der Waals surface area contributed by atoms with Gasteiger partial charge in [0.05, 0.1) is 11.7 Å². The number of rotatable bonds is 10. The van der Waals surface area contributed by atoms with Gasteiger partial charge in [-0.1, -0.05) is 27.7 Å². The standard InChI is InChI=1S/C15H29N3S/c1-5-9-16-14(12-19-13(4)7-3)15-8-10-17-18(15)11-6-2/h8,10,13-14,16H,5-7,9,11-12H2,1-4H3. The summed E-state index contributed by atoms with van der Waals surface area (Å²) < 4.78 is 2.16. The molecule has 1 aromatic rings. The van der Waals surface area contributed by atoms with Crippen LogP contribution in [0.4, 0.5) is 0 Å². The Balaban J connectivity index is 2.68. The Bertz CT molecular complexity index is 338. The van der Waals surface area contributed by atoms with Crippen LogP contribution in [0.25, 0.3) is 0 Å². The molecule has 0 bridgehead atoms. The normalized spacial score (nSPS) is 14.5. The molecule has 0 aliphatic carbocycles. The van der Waals surface area contributed by atoms with Crippen LogP contribution >= 0.6 is 11.8 Å². The molecule has 1 aromatic heterocycles. The summed E-state index contributed by atoms with van der Waals surface area (Å²) in [7, 11) is 0. The summed E-state index contributed by atoms with van der Waals surface area (Å²) in [6, 6.07) is 2.59. The quantitative estimate of drug-likeness (QED) is 0.707. The lowest BCUT2D eigenvalue weighted by atomic mass is 10.2. The van der Waals surface area contributed by atoms with Crippen molar-refractivity contribution in [2.75, 3.05) is 12.3 Å². The fraction of sp³-hybridized carbons (Fsp3) is 0.800. The minimum Gasteiger partial charge on any atom is -0.308 e. The first-order chi connectivity index (χ1) is 9.22. The molecule has 19 heavy (non-hydrogen) atoms. The van der Waals surface area contributed by atoms with Crippen molar-refractivity contribution >= 4 is 11.8 Å². The first-order valence-electron chi connectivity index (χ1n) is 7.59. The van der Waals surface area contributed by atoms with Crippen LogP contribution < -0.4 is 5.32 Å². The van der Waals surface area contributed by atoms with Crippen LogP contribution in [0, 0.1) is 0 Å². The number of aryl methyl sites for hydroxylation is 1. The summed E-state index contributed by atoms with van der Waals surface area (Å²) in [6.07, 6.45) is 5.47. The molecule has 0 fully saturated rings. The number of nitrogens with one attached hydrogen (secondary N) is 1. The van der Waals surface area contributed by atoms with Crippen molar-refractivity contribution in [3.05, 3.63) is 18.0 Å². The summed E-state index contributed by atoms with van der Waals surface area (Å²) in [5.74, 6) is 1.13. The Labute approximate surface area is 122 Å². The zero-order valence-electron chi connectivity index (χ0n) is 12.9. The molecule has 0 amide bonds. The van der Waals surface area contributed by atoms with E-state index in [0.717, 1.165) is 30.5 Å². The van der Waals surface area contributed by atoms with Gasteiger partial charge in [0.15, 0.2) is 0 Å². The van der Waals surface area contributed by atoms with Crippen LogP contribution in [0.3, 0.4) is 0 Å². The molecule has 2 atom stereocenters. The van der Waals surface area contributed by atoms with Crippen molar-refractivity contribution < 1.29 is 0 Å². The van der Waals surface area contributed by atoms with Gasteiger partial charge in [-0.2, -0.15) is 16.9 Å². The summed E-state index contributed by atoms with van der Waals surface area (Å²) in [4.78, 5) is 0. The maximum absolute atomic E-state index is 4.45. The molecule has 1 heterocycles. The van der Waals surface area contributed by atoms with Gasteiger partial charge in [-0.25, -0.2) is 0 Å². The van der Waals surface area contributed by atoms with Crippen LogP contribution in [-0.2, 0) is 6.54 Å².